The van der Waals surface area contributed by atoms with Crippen molar-refractivity contribution in [2.24, 2.45) is 0 Å². The van der Waals surface area contributed by atoms with Gasteiger partial charge in [0.05, 0.1) is 5.01 Å². The number of amides is 1. The summed E-state index contributed by atoms with van der Waals surface area (Å²) in [7, 11) is 3.69. The van der Waals surface area contributed by atoms with Crippen LogP contribution in [0.15, 0.2) is 35.7 Å². The molecule has 23 heavy (non-hydrogen) atoms. The third-order valence-electron chi connectivity index (χ3n) is 3.29. The highest BCUT2D eigenvalue weighted by atomic mass is 35.5. The van der Waals surface area contributed by atoms with E-state index in [1.807, 2.05) is 37.7 Å². The largest absolute Gasteiger partial charge is 0.339 e. The van der Waals surface area contributed by atoms with Crippen LogP contribution < -0.4 is 5.32 Å². The van der Waals surface area contributed by atoms with Gasteiger partial charge < -0.3 is 10.2 Å². The van der Waals surface area contributed by atoms with E-state index in [2.05, 4.69) is 22.4 Å². The Balaban J connectivity index is 0.00000242. The van der Waals surface area contributed by atoms with Gasteiger partial charge in [0.15, 0.2) is 0 Å². The second kappa shape index (κ2) is 11.4. The van der Waals surface area contributed by atoms with Gasteiger partial charge in [-0.15, -0.1) is 36.2 Å². The lowest BCUT2D eigenvalue weighted by Gasteiger charge is -2.15. The quantitative estimate of drug-likeness (QED) is 0.808. The van der Waals surface area contributed by atoms with E-state index in [1.165, 1.54) is 5.56 Å². The van der Waals surface area contributed by atoms with E-state index in [1.54, 1.807) is 16.2 Å². The summed E-state index contributed by atoms with van der Waals surface area (Å²) in [5, 5.41) is 5.91. The average molecular weight is 376 g/mol. The number of hydrogen-bond donors (Lipinski definition) is 1. The number of hydrogen-bond acceptors (Lipinski definition) is 4. The molecule has 1 heterocycles. The number of rotatable bonds is 7. The first-order valence-corrected chi connectivity index (χ1v) is 7.97. The van der Waals surface area contributed by atoms with Crippen LogP contribution in [0.5, 0.6) is 0 Å². The van der Waals surface area contributed by atoms with Crippen molar-refractivity contribution in [3.63, 3.8) is 0 Å². The van der Waals surface area contributed by atoms with E-state index < -0.39 is 0 Å². The first-order chi connectivity index (χ1) is 10.2. The van der Waals surface area contributed by atoms with Gasteiger partial charge in [0.25, 0.3) is 5.91 Å². The van der Waals surface area contributed by atoms with E-state index >= 15 is 0 Å². The lowest BCUT2D eigenvalue weighted by molar-refractivity contribution is 0.0791. The molecule has 0 bridgehead atoms. The monoisotopic (exact) mass is 375 g/mol. The molecule has 0 radical (unpaired) electrons. The van der Waals surface area contributed by atoms with Crippen LogP contribution in [-0.2, 0) is 12.8 Å². The molecular formula is C16H23Cl2N3OS. The van der Waals surface area contributed by atoms with Crippen molar-refractivity contribution in [3.05, 3.63) is 52.0 Å². The summed E-state index contributed by atoms with van der Waals surface area (Å²) in [6.07, 6.45) is 1.83. The maximum Gasteiger partial charge on any atom is 0.273 e. The predicted molar refractivity (Wildman–Crippen MR) is 101 cm³/mol. The SMILES string of the molecule is CNCCN(C)C(=O)c1csc(CCc2ccccc2)n1.Cl.Cl. The van der Waals surface area contributed by atoms with Gasteiger partial charge in [-0.2, -0.15) is 0 Å². The third-order valence-corrected chi connectivity index (χ3v) is 4.19. The van der Waals surface area contributed by atoms with Gasteiger partial charge in [-0.25, -0.2) is 4.98 Å². The maximum atomic E-state index is 12.2. The smallest absolute Gasteiger partial charge is 0.273 e. The minimum Gasteiger partial charge on any atom is -0.339 e. The molecule has 0 unspecified atom stereocenters. The Labute approximate surface area is 154 Å². The molecule has 0 fully saturated rings. The summed E-state index contributed by atoms with van der Waals surface area (Å²) in [6, 6.07) is 10.3. The van der Waals surface area contributed by atoms with Crippen molar-refractivity contribution in [3.8, 4) is 0 Å². The van der Waals surface area contributed by atoms with Gasteiger partial charge in [0, 0.05) is 31.9 Å². The van der Waals surface area contributed by atoms with Gasteiger partial charge in [-0.3, -0.25) is 4.79 Å². The Kier molecular flexibility index (Phi) is 10.8. The topological polar surface area (TPSA) is 45.2 Å². The Hall–Kier alpha value is -1.14. The molecule has 1 aromatic heterocycles. The fourth-order valence-corrected chi connectivity index (χ4v) is 2.77. The van der Waals surface area contributed by atoms with Crippen molar-refractivity contribution in [2.45, 2.75) is 12.8 Å². The first kappa shape index (κ1) is 21.9. The van der Waals surface area contributed by atoms with Gasteiger partial charge in [0.1, 0.15) is 5.69 Å². The minimum atomic E-state index is -0.00698. The van der Waals surface area contributed by atoms with Crippen LogP contribution in [-0.4, -0.2) is 43.0 Å². The summed E-state index contributed by atoms with van der Waals surface area (Å²) >= 11 is 1.56. The number of carbonyl (C=O) groups excluding carboxylic acids is 1. The molecule has 2 rings (SSSR count). The molecule has 1 aromatic carbocycles. The number of aryl methyl sites for hydroxylation is 2. The van der Waals surface area contributed by atoms with E-state index in [9.17, 15) is 4.79 Å². The zero-order valence-electron chi connectivity index (χ0n) is 13.3. The molecule has 0 aliphatic carbocycles. The Bertz CT molecular complexity index is 578. The highest BCUT2D eigenvalue weighted by Crippen LogP contribution is 2.14. The number of nitrogens with one attached hydrogen (secondary N) is 1. The molecule has 2 aromatic rings. The van der Waals surface area contributed by atoms with Crippen LogP contribution in [0.2, 0.25) is 0 Å². The summed E-state index contributed by atoms with van der Waals surface area (Å²) in [4.78, 5) is 18.3. The van der Waals surface area contributed by atoms with Gasteiger partial charge in [0.2, 0.25) is 0 Å². The standard InChI is InChI=1S/C16H21N3OS.2ClH/c1-17-10-11-19(2)16(20)14-12-21-15(18-14)9-8-13-6-4-3-5-7-13;;/h3-7,12,17H,8-11H2,1-2H3;2*1H. The predicted octanol–water partition coefficient (Wildman–Crippen LogP) is 3.06. The number of halogens is 2. The normalized spacial score (nSPS) is 9.65. The molecule has 7 heteroatoms. The van der Waals surface area contributed by atoms with Crippen molar-refractivity contribution in [1.29, 1.82) is 0 Å². The number of nitrogens with zero attached hydrogens (tertiary/aromatic N) is 2. The lowest BCUT2D eigenvalue weighted by atomic mass is 10.1. The van der Waals surface area contributed by atoms with Crippen LogP contribution >= 0.6 is 36.2 Å². The molecule has 128 valence electrons. The molecule has 4 nitrogen and oxygen atoms in total. The maximum absolute atomic E-state index is 12.2. The molecule has 0 saturated heterocycles. The van der Waals surface area contributed by atoms with Crippen molar-refractivity contribution < 1.29 is 4.79 Å². The molecule has 0 spiro atoms. The fourth-order valence-electron chi connectivity index (χ4n) is 2.00. The fraction of sp³-hybridized carbons (Fsp3) is 0.375. The molecule has 0 aliphatic heterocycles. The van der Waals surface area contributed by atoms with Crippen molar-refractivity contribution >= 4 is 42.1 Å². The van der Waals surface area contributed by atoms with Crippen LogP contribution in [0.4, 0.5) is 0 Å². The summed E-state index contributed by atoms with van der Waals surface area (Å²) in [6.45, 7) is 1.47. The van der Waals surface area contributed by atoms with E-state index in [0.29, 0.717) is 12.2 Å². The number of aromatic nitrogens is 1. The molecule has 0 atom stereocenters. The number of carbonyl (C=O) groups is 1. The van der Waals surface area contributed by atoms with Gasteiger partial charge in [-0.1, -0.05) is 30.3 Å². The Morgan fingerprint density at radius 3 is 2.57 bits per heavy atom. The first-order valence-electron chi connectivity index (χ1n) is 7.09. The summed E-state index contributed by atoms with van der Waals surface area (Å²) in [5.41, 5.74) is 1.85. The lowest BCUT2D eigenvalue weighted by Crippen LogP contribution is -2.32. The molecule has 1 amide bonds. The van der Waals surface area contributed by atoms with E-state index in [-0.39, 0.29) is 30.7 Å². The van der Waals surface area contributed by atoms with Gasteiger partial charge in [-0.05, 0) is 19.0 Å². The molecule has 0 saturated carbocycles. The highest BCUT2D eigenvalue weighted by molar-refractivity contribution is 7.09. The zero-order valence-corrected chi connectivity index (χ0v) is 15.8. The minimum absolute atomic E-state index is 0. The average Bonchev–Trinajstić information content (AvgIpc) is 2.99. The Morgan fingerprint density at radius 1 is 1.22 bits per heavy atom. The van der Waals surface area contributed by atoms with E-state index in [4.69, 9.17) is 0 Å². The van der Waals surface area contributed by atoms with E-state index in [0.717, 1.165) is 24.4 Å². The summed E-state index contributed by atoms with van der Waals surface area (Å²) < 4.78 is 0. The summed E-state index contributed by atoms with van der Waals surface area (Å²) in [5.74, 6) is -0.00698. The molecular weight excluding hydrogens is 353 g/mol. The zero-order chi connectivity index (χ0) is 15.1. The second-order valence-electron chi connectivity index (χ2n) is 4.94. The van der Waals surface area contributed by atoms with Crippen LogP contribution in [0.3, 0.4) is 0 Å². The molecule has 0 aliphatic rings. The number of benzene rings is 1. The number of thiazole rings is 1. The highest BCUT2D eigenvalue weighted by Gasteiger charge is 2.14. The molecule has 1 N–H and O–H groups in total. The van der Waals surface area contributed by atoms with Crippen LogP contribution in [0, 0.1) is 0 Å². The van der Waals surface area contributed by atoms with Crippen LogP contribution in [0.1, 0.15) is 21.1 Å². The number of likely N-dealkylation sites (N-methyl/N-ethyl adjacent to an activating group) is 2. The second-order valence-corrected chi connectivity index (χ2v) is 5.88. The van der Waals surface area contributed by atoms with Crippen molar-refractivity contribution in [2.75, 3.05) is 27.2 Å². The van der Waals surface area contributed by atoms with Crippen molar-refractivity contribution in [1.82, 2.24) is 15.2 Å². The Morgan fingerprint density at radius 2 is 1.91 bits per heavy atom. The van der Waals surface area contributed by atoms with Gasteiger partial charge >= 0.3 is 0 Å². The third kappa shape index (κ3) is 6.87. The van der Waals surface area contributed by atoms with Crippen LogP contribution in [0.25, 0.3) is 0 Å².